The number of phenolic OH excluding ortho intramolecular Hbond substituents is 1. The molecule has 0 bridgehead atoms. The number of ketones is 1. The van der Waals surface area contributed by atoms with Gasteiger partial charge in [0.15, 0.2) is 23.5 Å². The molecule has 1 aromatic heterocycles. The fraction of sp³-hybridized carbons (Fsp3) is 0.200. The van der Waals surface area contributed by atoms with Gasteiger partial charge in [-0.25, -0.2) is 4.98 Å². The minimum Gasteiger partial charge on any atom is -0.504 e. The van der Waals surface area contributed by atoms with Crippen molar-refractivity contribution < 1.29 is 14.3 Å². The van der Waals surface area contributed by atoms with Crippen LogP contribution in [0.3, 0.4) is 0 Å². The van der Waals surface area contributed by atoms with E-state index in [1.165, 1.54) is 12.5 Å². The van der Waals surface area contributed by atoms with Gasteiger partial charge in [0.1, 0.15) is 5.52 Å². The number of nitrogens with two attached hydrogens (primary N) is 1. The van der Waals surface area contributed by atoms with E-state index >= 15 is 0 Å². The third kappa shape index (κ3) is 1.46. The largest absolute Gasteiger partial charge is 0.504 e. The molecule has 0 aliphatic rings. The molecule has 1 heterocycles. The molecule has 0 spiro atoms. The number of rotatable bonds is 2. The topological polar surface area (TPSA) is 89.4 Å². The van der Waals surface area contributed by atoms with Gasteiger partial charge in [0.2, 0.25) is 0 Å². The molecule has 1 unspecified atom stereocenters. The smallest absolute Gasteiger partial charge is 0.196 e. The summed E-state index contributed by atoms with van der Waals surface area (Å²) >= 11 is 0. The number of aromatic nitrogens is 1. The Morgan fingerprint density at radius 2 is 2.33 bits per heavy atom. The van der Waals surface area contributed by atoms with E-state index in [0.717, 1.165) is 0 Å². The second kappa shape index (κ2) is 3.36. The van der Waals surface area contributed by atoms with Crippen LogP contribution in [0.25, 0.3) is 11.1 Å². The lowest BCUT2D eigenvalue weighted by molar-refractivity contribution is 0.0965. The summed E-state index contributed by atoms with van der Waals surface area (Å²) in [6.07, 6.45) is 1.21. The number of hydrogen-bond donors (Lipinski definition) is 2. The Morgan fingerprint density at radius 3 is 3.00 bits per heavy atom. The Kier molecular flexibility index (Phi) is 2.17. The summed E-state index contributed by atoms with van der Waals surface area (Å²) in [6.45, 7) is 1.56. The fourth-order valence-electron chi connectivity index (χ4n) is 1.36. The number of aromatic hydroxyl groups is 1. The van der Waals surface area contributed by atoms with Crippen LogP contribution in [0.1, 0.15) is 17.3 Å². The van der Waals surface area contributed by atoms with Gasteiger partial charge in [-0.3, -0.25) is 4.79 Å². The first-order valence-electron chi connectivity index (χ1n) is 4.46. The fourth-order valence-corrected chi connectivity index (χ4v) is 1.36. The third-order valence-corrected chi connectivity index (χ3v) is 2.15. The molecule has 0 aliphatic carbocycles. The second-order valence-electron chi connectivity index (χ2n) is 3.32. The van der Waals surface area contributed by atoms with E-state index in [1.54, 1.807) is 13.0 Å². The molecule has 0 saturated carbocycles. The highest BCUT2D eigenvalue weighted by molar-refractivity contribution is 6.05. The molecule has 1 aromatic carbocycles. The average Bonchev–Trinajstić information content (AvgIpc) is 2.66. The van der Waals surface area contributed by atoms with Gasteiger partial charge in [0.05, 0.1) is 11.6 Å². The molecule has 2 rings (SSSR count). The molecule has 0 amide bonds. The standard InChI is InChI=1S/C10H10N2O3/c1-5(11)8(13)6-2-3-7-10(9(6)14)15-4-12-7/h2-5,14H,11H2,1H3. The summed E-state index contributed by atoms with van der Waals surface area (Å²) in [5.74, 6) is -0.530. The normalized spacial score (nSPS) is 12.9. The van der Waals surface area contributed by atoms with E-state index < -0.39 is 6.04 Å². The van der Waals surface area contributed by atoms with E-state index in [1.807, 2.05) is 0 Å². The minimum absolute atomic E-state index is 0.161. The first-order valence-corrected chi connectivity index (χ1v) is 4.46. The van der Waals surface area contributed by atoms with Crippen molar-refractivity contribution in [2.24, 2.45) is 5.73 Å². The monoisotopic (exact) mass is 206 g/mol. The summed E-state index contributed by atoms with van der Waals surface area (Å²) in [5, 5.41) is 9.75. The number of phenols is 1. The molecule has 3 N–H and O–H groups in total. The molecule has 5 heteroatoms. The Hall–Kier alpha value is -1.88. The van der Waals surface area contributed by atoms with Crippen LogP contribution >= 0.6 is 0 Å². The van der Waals surface area contributed by atoms with Crippen LogP contribution in [-0.4, -0.2) is 21.9 Å². The molecule has 0 radical (unpaired) electrons. The highest BCUT2D eigenvalue weighted by Gasteiger charge is 2.18. The number of Topliss-reactive ketones (excluding diaryl/α,β-unsaturated/α-hetero) is 1. The van der Waals surface area contributed by atoms with Crippen molar-refractivity contribution in [1.29, 1.82) is 0 Å². The predicted octanol–water partition coefficient (Wildman–Crippen LogP) is 1.06. The number of carbonyl (C=O) groups excluding carboxylic acids is 1. The van der Waals surface area contributed by atoms with E-state index in [4.69, 9.17) is 10.2 Å². The zero-order chi connectivity index (χ0) is 11.0. The first-order chi connectivity index (χ1) is 7.11. The molecular weight excluding hydrogens is 196 g/mol. The number of benzene rings is 1. The summed E-state index contributed by atoms with van der Waals surface area (Å²) in [4.78, 5) is 15.4. The molecule has 78 valence electrons. The van der Waals surface area contributed by atoms with Gasteiger partial charge in [-0.05, 0) is 19.1 Å². The maximum atomic E-state index is 11.6. The van der Waals surface area contributed by atoms with Crippen LogP contribution < -0.4 is 5.73 Å². The van der Waals surface area contributed by atoms with Gasteiger partial charge in [0, 0.05) is 0 Å². The Bertz CT molecular complexity index is 516. The van der Waals surface area contributed by atoms with Crippen molar-refractivity contribution in [2.45, 2.75) is 13.0 Å². The van der Waals surface area contributed by atoms with Gasteiger partial charge in [-0.1, -0.05) is 0 Å². The van der Waals surface area contributed by atoms with E-state index in [2.05, 4.69) is 4.98 Å². The van der Waals surface area contributed by atoms with Gasteiger partial charge in [0.25, 0.3) is 0 Å². The number of nitrogens with zero attached hydrogens (tertiary/aromatic N) is 1. The Balaban J connectivity index is 2.62. The van der Waals surface area contributed by atoms with Crippen molar-refractivity contribution in [3.63, 3.8) is 0 Å². The highest BCUT2D eigenvalue weighted by atomic mass is 16.4. The van der Waals surface area contributed by atoms with Crippen LogP contribution in [0.2, 0.25) is 0 Å². The Labute approximate surface area is 85.5 Å². The van der Waals surface area contributed by atoms with Gasteiger partial charge >= 0.3 is 0 Å². The van der Waals surface area contributed by atoms with Crippen LogP contribution in [0, 0.1) is 0 Å². The SMILES string of the molecule is CC(N)C(=O)c1ccc2ncoc2c1O. The lowest BCUT2D eigenvalue weighted by Gasteiger charge is -2.05. The van der Waals surface area contributed by atoms with Crippen molar-refractivity contribution in [3.8, 4) is 5.75 Å². The molecule has 0 aliphatic heterocycles. The van der Waals surface area contributed by atoms with E-state index in [9.17, 15) is 9.90 Å². The lowest BCUT2D eigenvalue weighted by Crippen LogP contribution is -2.26. The lowest BCUT2D eigenvalue weighted by atomic mass is 10.0. The van der Waals surface area contributed by atoms with Gasteiger partial charge < -0.3 is 15.3 Å². The molecule has 5 nitrogen and oxygen atoms in total. The van der Waals surface area contributed by atoms with Crippen molar-refractivity contribution in [2.75, 3.05) is 0 Å². The molecule has 15 heavy (non-hydrogen) atoms. The quantitative estimate of drug-likeness (QED) is 0.717. The van der Waals surface area contributed by atoms with Crippen LogP contribution in [0.15, 0.2) is 22.9 Å². The summed E-state index contributed by atoms with van der Waals surface area (Å²) in [5.41, 5.74) is 6.33. The second-order valence-corrected chi connectivity index (χ2v) is 3.32. The minimum atomic E-state index is -0.656. The summed E-state index contributed by atoms with van der Waals surface area (Å²) in [6, 6.07) is 2.44. The predicted molar refractivity (Wildman–Crippen MR) is 53.7 cm³/mol. The molecule has 2 aromatic rings. The van der Waals surface area contributed by atoms with Crippen LogP contribution in [0.5, 0.6) is 5.75 Å². The van der Waals surface area contributed by atoms with Gasteiger partial charge in [-0.2, -0.15) is 0 Å². The van der Waals surface area contributed by atoms with Crippen molar-refractivity contribution in [1.82, 2.24) is 4.98 Å². The van der Waals surface area contributed by atoms with Crippen molar-refractivity contribution in [3.05, 3.63) is 24.1 Å². The number of carbonyl (C=O) groups is 1. The van der Waals surface area contributed by atoms with Crippen molar-refractivity contribution >= 4 is 16.9 Å². The summed E-state index contributed by atoms with van der Waals surface area (Å²) < 4.78 is 4.97. The number of oxazole rings is 1. The molecule has 0 saturated heterocycles. The number of hydrogen-bond acceptors (Lipinski definition) is 5. The van der Waals surface area contributed by atoms with E-state index in [0.29, 0.717) is 5.52 Å². The van der Waals surface area contributed by atoms with E-state index in [-0.39, 0.29) is 22.7 Å². The average molecular weight is 206 g/mol. The van der Waals surface area contributed by atoms with Crippen LogP contribution in [0.4, 0.5) is 0 Å². The molecule has 1 atom stereocenters. The first kappa shape index (κ1) is 9.67. The maximum Gasteiger partial charge on any atom is 0.196 e. The summed E-state index contributed by atoms with van der Waals surface area (Å²) in [7, 11) is 0. The number of fused-ring (bicyclic) bond motifs is 1. The Morgan fingerprint density at radius 1 is 1.60 bits per heavy atom. The van der Waals surface area contributed by atoms with Gasteiger partial charge in [-0.15, -0.1) is 0 Å². The highest BCUT2D eigenvalue weighted by Crippen LogP contribution is 2.28. The zero-order valence-corrected chi connectivity index (χ0v) is 8.10. The van der Waals surface area contributed by atoms with Crippen LogP contribution in [-0.2, 0) is 0 Å². The third-order valence-electron chi connectivity index (χ3n) is 2.15. The molecular formula is C10H10N2O3. The zero-order valence-electron chi connectivity index (χ0n) is 8.10. The maximum absolute atomic E-state index is 11.6. The molecule has 0 fully saturated rings.